The Morgan fingerprint density at radius 1 is 1.13 bits per heavy atom. The van der Waals surface area contributed by atoms with Crippen molar-refractivity contribution in [2.24, 2.45) is 0 Å². The van der Waals surface area contributed by atoms with E-state index in [9.17, 15) is 19.8 Å². The number of hydrogen-bond acceptors (Lipinski definition) is 6. The lowest BCUT2D eigenvalue weighted by molar-refractivity contribution is -0.139. The molecule has 164 valence electrons. The molecule has 0 saturated carbocycles. The van der Waals surface area contributed by atoms with Gasteiger partial charge >= 0.3 is 0 Å². The van der Waals surface area contributed by atoms with Crippen molar-refractivity contribution in [1.29, 1.82) is 0 Å². The minimum atomic E-state index is -0.737. The summed E-state index contributed by atoms with van der Waals surface area (Å²) in [6.45, 7) is 3.44. The van der Waals surface area contributed by atoms with Crippen molar-refractivity contribution in [2.75, 3.05) is 33.8 Å². The molecular weight excluding hydrogens is 396 g/mol. The summed E-state index contributed by atoms with van der Waals surface area (Å²) >= 11 is 0. The summed E-state index contributed by atoms with van der Waals surface area (Å²) in [6.07, 6.45) is 0.675. The summed E-state index contributed by atoms with van der Waals surface area (Å²) in [5.41, 5.74) is 1.08. The van der Waals surface area contributed by atoms with Gasteiger partial charge in [-0.05, 0) is 63.8 Å². The van der Waals surface area contributed by atoms with Crippen molar-refractivity contribution < 1.29 is 24.5 Å². The van der Waals surface area contributed by atoms with E-state index in [1.807, 2.05) is 25.9 Å². The number of benzene rings is 2. The molecular formula is C24H28N2O5. The van der Waals surface area contributed by atoms with Crippen molar-refractivity contribution in [1.82, 2.24) is 9.80 Å². The number of phenolic OH excluding ortho intramolecular Hbond substituents is 1. The van der Waals surface area contributed by atoms with Crippen LogP contribution in [0, 0.1) is 0 Å². The summed E-state index contributed by atoms with van der Waals surface area (Å²) in [5, 5.41) is 20.8. The average Bonchev–Trinajstić information content (AvgIpc) is 2.99. The van der Waals surface area contributed by atoms with Crippen LogP contribution in [-0.2, 0) is 9.59 Å². The quantitative estimate of drug-likeness (QED) is 0.384. The van der Waals surface area contributed by atoms with Gasteiger partial charge in [0.2, 0.25) is 0 Å². The summed E-state index contributed by atoms with van der Waals surface area (Å²) in [4.78, 5) is 29.4. The second kappa shape index (κ2) is 9.66. The number of carbonyl (C=O) groups excluding carboxylic acids is 2. The molecule has 1 unspecified atom stereocenters. The number of ketones is 1. The van der Waals surface area contributed by atoms with Crippen LogP contribution < -0.4 is 4.74 Å². The fourth-order valence-corrected chi connectivity index (χ4v) is 3.73. The molecule has 2 aromatic rings. The Morgan fingerprint density at radius 3 is 2.48 bits per heavy atom. The predicted molar refractivity (Wildman–Crippen MR) is 118 cm³/mol. The van der Waals surface area contributed by atoms with Crippen molar-refractivity contribution in [3.05, 3.63) is 65.2 Å². The number of aromatic hydroxyl groups is 1. The van der Waals surface area contributed by atoms with E-state index in [0.29, 0.717) is 36.4 Å². The van der Waals surface area contributed by atoms with Crippen molar-refractivity contribution >= 4 is 17.4 Å². The number of carbonyl (C=O) groups is 2. The Kier molecular flexibility index (Phi) is 6.97. The van der Waals surface area contributed by atoms with Gasteiger partial charge in [0.1, 0.15) is 17.3 Å². The van der Waals surface area contributed by atoms with Gasteiger partial charge in [0.25, 0.3) is 11.7 Å². The molecule has 0 aliphatic carbocycles. The summed E-state index contributed by atoms with van der Waals surface area (Å²) in [6, 6.07) is 12.4. The molecule has 2 aromatic carbocycles. The second-order valence-electron chi connectivity index (χ2n) is 7.70. The van der Waals surface area contributed by atoms with Crippen LogP contribution in [0.5, 0.6) is 11.5 Å². The number of aliphatic hydroxyl groups excluding tert-OH is 1. The molecule has 1 aliphatic heterocycles. The third-order valence-corrected chi connectivity index (χ3v) is 5.17. The predicted octanol–water partition coefficient (Wildman–Crippen LogP) is 3.16. The number of rotatable bonds is 8. The van der Waals surface area contributed by atoms with Gasteiger partial charge in [-0.1, -0.05) is 24.3 Å². The van der Waals surface area contributed by atoms with Gasteiger partial charge in [0.05, 0.1) is 18.2 Å². The van der Waals surface area contributed by atoms with Crippen LogP contribution in [0.25, 0.3) is 5.76 Å². The molecule has 7 heteroatoms. The molecule has 7 nitrogen and oxygen atoms in total. The monoisotopic (exact) mass is 424 g/mol. The van der Waals surface area contributed by atoms with Gasteiger partial charge < -0.3 is 24.7 Å². The normalized spacial score (nSPS) is 18.1. The smallest absolute Gasteiger partial charge is 0.295 e. The van der Waals surface area contributed by atoms with Gasteiger partial charge in [-0.2, -0.15) is 0 Å². The third kappa shape index (κ3) is 4.88. The number of amides is 1. The number of nitrogens with zero attached hydrogens (tertiary/aromatic N) is 2. The van der Waals surface area contributed by atoms with E-state index < -0.39 is 17.7 Å². The van der Waals surface area contributed by atoms with E-state index in [4.69, 9.17) is 4.74 Å². The summed E-state index contributed by atoms with van der Waals surface area (Å²) < 4.78 is 5.50. The van der Waals surface area contributed by atoms with Crippen molar-refractivity contribution in [2.45, 2.75) is 19.4 Å². The average molecular weight is 424 g/mol. The van der Waals surface area contributed by atoms with Crippen LogP contribution >= 0.6 is 0 Å². The summed E-state index contributed by atoms with van der Waals surface area (Å²) in [5.74, 6) is -0.958. The number of phenols is 1. The molecule has 0 bridgehead atoms. The topological polar surface area (TPSA) is 90.3 Å². The van der Waals surface area contributed by atoms with Gasteiger partial charge in [-0.15, -0.1) is 0 Å². The van der Waals surface area contributed by atoms with Crippen LogP contribution in [0.3, 0.4) is 0 Å². The van der Waals surface area contributed by atoms with Crippen LogP contribution in [0.2, 0.25) is 0 Å². The van der Waals surface area contributed by atoms with E-state index in [0.717, 1.165) is 6.54 Å². The van der Waals surface area contributed by atoms with Crippen LogP contribution in [-0.4, -0.2) is 65.5 Å². The first-order chi connectivity index (χ1) is 14.8. The van der Waals surface area contributed by atoms with E-state index in [-0.39, 0.29) is 17.1 Å². The zero-order valence-electron chi connectivity index (χ0n) is 18.0. The van der Waals surface area contributed by atoms with Crippen molar-refractivity contribution in [3.63, 3.8) is 0 Å². The highest BCUT2D eigenvalue weighted by Gasteiger charge is 2.45. The minimum absolute atomic E-state index is 0.0363. The Morgan fingerprint density at radius 2 is 1.84 bits per heavy atom. The molecule has 1 fully saturated rings. The molecule has 31 heavy (non-hydrogen) atoms. The molecule has 1 heterocycles. The van der Waals surface area contributed by atoms with Gasteiger partial charge in [0.15, 0.2) is 0 Å². The highest BCUT2D eigenvalue weighted by atomic mass is 16.5. The van der Waals surface area contributed by atoms with Gasteiger partial charge in [0, 0.05) is 12.1 Å². The Labute approximate surface area is 182 Å². The molecule has 1 amide bonds. The number of Topliss-reactive ketones (excluding diaryl/α,β-unsaturated/α-hetero) is 1. The van der Waals surface area contributed by atoms with E-state index in [1.54, 1.807) is 36.4 Å². The highest BCUT2D eigenvalue weighted by Crippen LogP contribution is 2.40. The van der Waals surface area contributed by atoms with E-state index >= 15 is 0 Å². The first kappa shape index (κ1) is 22.4. The number of hydrogen-bond donors (Lipinski definition) is 2. The van der Waals surface area contributed by atoms with Crippen LogP contribution in [0.4, 0.5) is 0 Å². The first-order valence-electron chi connectivity index (χ1n) is 10.3. The second-order valence-corrected chi connectivity index (χ2v) is 7.70. The maximum Gasteiger partial charge on any atom is 0.295 e. The zero-order valence-corrected chi connectivity index (χ0v) is 18.0. The lowest BCUT2D eigenvalue weighted by Gasteiger charge is -2.26. The van der Waals surface area contributed by atoms with E-state index in [1.165, 1.54) is 17.0 Å². The van der Waals surface area contributed by atoms with Gasteiger partial charge in [-0.3, -0.25) is 9.59 Å². The fourth-order valence-electron chi connectivity index (χ4n) is 3.73. The molecule has 0 aromatic heterocycles. The van der Waals surface area contributed by atoms with Crippen molar-refractivity contribution in [3.8, 4) is 11.5 Å². The lowest BCUT2D eigenvalue weighted by Crippen LogP contribution is -2.32. The molecule has 0 radical (unpaired) electrons. The van der Waals surface area contributed by atoms with E-state index in [2.05, 4.69) is 0 Å². The lowest BCUT2D eigenvalue weighted by atomic mass is 9.95. The molecule has 2 N–H and O–H groups in total. The molecule has 1 saturated heterocycles. The number of ether oxygens (including phenoxy) is 1. The largest absolute Gasteiger partial charge is 0.508 e. The third-order valence-electron chi connectivity index (χ3n) is 5.17. The Bertz CT molecular complexity index is 982. The highest BCUT2D eigenvalue weighted by molar-refractivity contribution is 6.46. The first-order valence-corrected chi connectivity index (χ1v) is 10.3. The maximum atomic E-state index is 13.0. The summed E-state index contributed by atoms with van der Waals surface area (Å²) in [7, 11) is 3.88. The molecule has 3 rings (SSSR count). The number of aliphatic hydroxyl groups is 1. The standard InChI is InChI=1S/C24H28N2O5/c1-4-31-19-8-5-7-17(15-19)22(28)20-21(16-9-11-18(27)12-10-16)26(24(30)23(20)29)14-6-13-25(2)3/h5,7-12,15,21,27-28H,4,6,13-14H2,1-3H3. The van der Waals surface area contributed by atoms with Crippen LogP contribution in [0.1, 0.15) is 30.5 Å². The maximum absolute atomic E-state index is 13.0. The SMILES string of the molecule is CCOc1cccc(C(O)=C2C(=O)C(=O)N(CCCN(C)C)C2c2ccc(O)cc2)c1. The minimum Gasteiger partial charge on any atom is -0.508 e. The molecule has 1 aliphatic rings. The molecule has 1 atom stereocenters. The number of likely N-dealkylation sites (tertiary alicyclic amines) is 1. The fraction of sp³-hybridized carbons (Fsp3) is 0.333. The Balaban J connectivity index is 2.08. The van der Waals surface area contributed by atoms with Crippen LogP contribution in [0.15, 0.2) is 54.1 Å². The Hall–Kier alpha value is -3.32. The zero-order chi connectivity index (χ0) is 22.5. The molecule has 0 spiro atoms. The van der Waals surface area contributed by atoms with Gasteiger partial charge in [-0.25, -0.2) is 0 Å².